The molecule has 0 aromatic carbocycles. The Morgan fingerprint density at radius 1 is 1.69 bits per heavy atom. The molecule has 0 radical (unpaired) electrons. The van der Waals surface area contributed by atoms with Crippen LogP contribution in [0.15, 0.2) is 16.8 Å². The lowest BCUT2D eigenvalue weighted by Gasteiger charge is -2.20. The van der Waals surface area contributed by atoms with Crippen molar-refractivity contribution in [3.63, 3.8) is 0 Å². The molecule has 1 unspecified atom stereocenters. The zero-order valence-electron chi connectivity index (χ0n) is 9.82. The average Bonchev–Trinajstić information content (AvgIpc) is 2.92. The van der Waals surface area contributed by atoms with E-state index in [1.54, 1.807) is 11.3 Å². The molecule has 2 atom stereocenters. The number of hydrogen-bond donors (Lipinski definition) is 2. The van der Waals surface area contributed by atoms with E-state index in [0.29, 0.717) is 6.04 Å². The van der Waals surface area contributed by atoms with Gasteiger partial charge in [0.25, 0.3) is 5.91 Å². The van der Waals surface area contributed by atoms with Crippen LogP contribution >= 0.6 is 11.3 Å². The highest BCUT2D eigenvalue weighted by Crippen LogP contribution is 2.18. The number of likely N-dealkylation sites (N-methyl/N-ethyl adjacent to an activating group) is 1. The fourth-order valence-corrected chi connectivity index (χ4v) is 2.31. The molecule has 1 heterocycles. The summed E-state index contributed by atoms with van der Waals surface area (Å²) in [6.07, 6.45) is 2.31. The second-order valence-corrected chi connectivity index (χ2v) is 5.44. The van der Waals surface area contributed by atoms with E-state index in [2.05, 4.69) is 29.2 Å². The first-order valence-corrected chi connectivity index (χ1v) is 6.75. The number of thiophene rings is 1. The maximum atomic E-state index is 11.8. The molecule has 1 aromatic heterocycles. The standard InChI is InChI=1S/C12H18N2OS/c1-9(12(15)13-11-3-4-11)14(2)7-10-5-6-16-8-10/h5-6,8-9,11H,3-4,7H2,1-2H3,(H,13,15)/p+1/t9-/m0/s1. The van der Waals surface area contributed by atoms with Gasteiger partial charge in [-0.2, -0.15) is 11.3 Å². The Bertz CT molecular complexity index is 346. The van der Waals surface area contributed by atoms with Crippen LogP contribution < -0.4 is 10.2 Å². The van der Waals surface area contributed by atoms with Crippen molar-refractivity contribution in [3.05, 3.63) is 22.4 Å². The maximum absolute atomic E-state index is 11.8. The van der Waals surface area contributed by atoms with Crippen LogP contribution in [0, 0.1) is 0 Å². The van der Waals surface area contributed by atoms with E-state index < -0.39 is 0 Å². The summed E-state index contributed by atoms with van der Waals surface area (Å²) >= 11 is 1.71. The molecular weight excluding hydrogens is 220 g/mol. The zero-order valence-corrected chi connectivity index (χ0v) is 10.6. The molecule has 1 saturated carbocycles. The number of carbonyl (C=O) groups excluding carboxylic acids is 1. The highest BCUT2D eigenvalue weighted by molar-refractivity contribution is 7.07. The van der Waals surface area contributed by atoms with Gasteiger partial charge in [0, 0.05) is 11.6 Å². The van der Waals surface area contributed by atoms with Gasteiger partial charge in [-0.15, -0.1) is 0 Å². The van der Waals surface area contributed by atoms with Crippen LogP contribution in [0.3, 0.4) is 0 Å². The molecule has 1 fully saturated rings. The summed E-state index contributed by atoms with van der Waals surface area (Å²) in [5, 5.41) is 7.29. The van der Waals surface area contributed by atoms with E-state index in [0.717, 1.165) is 19.4 Å². The minimum Gasteiger partial charge on any atom is -0.348 e. The molecule has 2 N–H and O–H groups in total. The summed E-state index contributed by atoms with van der Waals surface area (Å²) in [5.74, 6) is 0.190. The quantitative estimate of drug-likeness (QED) is 0.767. The van der Waals surface area contributed by atoms with Crippen LogP contribution in [0.25, 0.3) is 0 Å². The number of carbonyl (C=O) groups is 1. The van der Waals surface area contributed by atoms with Gasteiger partial charge in [0.05, 0.1) is 7.05 Å². The first kappa shape index (κ1) is 11.6. The van der Waals surface area contributed by atoms with Crippen LogP contribution in [0.2, 0.25) is 0 Å². The van der Waals surface area contributed by atoms with E-state index in [9.17, 15) is 4.79 Å². The Labute approximate surface area is 100 Å². The predicted octanol–water partition coefficient (Wildman–Crippen LogP) is 0.430. The van der Waals surface area contributed by atoms with Gasteiger partial charge in [0.1, 0.15) is 6.54 Å². The molecule has 0 spiro atoms. The van der Waals surface area contributed by atoms with Crippen LogP contribution in [0.5, 0.6) is 0 Å². The predicted molar refractivity (Wildman–Crippen MR) is 65.5 cm³/mol. The lowest BCUT2D eigenvalue weighted by atomic mass is 10.2. The van der Waals surface area contributed by atoms with Gasteiger partial charge < -0.3 is 10.2 Å². The first-order valence-electron chi connectivity index (χ1n) is 5.80. The number of quaternary nitrogens is 1. The smallest absolute Gasteiger partial charge is 0.278 e. The van der Waals surface area contributed by atoms with Crippen LogP contribution in [0.4, 0.5) is 0 Å². The fraction of sp³-hybridized carbons (Fsp3) is 0.583. The summed E-state index contributed by atoms with van der Waals surface area (Å²) < 4.78 is 0. The molecule has 88 valence electrons. The molecule has 16 heavy (non-hydrogen) atoms. The molecule has 2 rings (SSSR count). The molecule has 0 aliphatic heterocycles. The normalized spacial score (nSPS) is 19.1. The summed E-state index contributed by atoms with van der Waals surface area (Å²) in [6.45, 7) is 2.92. The first-order chi connectivity index (χ1) is 7.66. The third-order valence-corrected chi connectivity index (χ3v) is 3.85. The monoisotopic (exact) mass is 239 g/mol. The van der Waals surface area contributed by atoms with Crippen molar-refractivity contribution in [2.24, 2.45) is 0 Å². The molecule has 4 heteroatoms. The van der Waals surface area contributed by atoms with Gasteiger partial charge in [-0.25, -0.2) is 0 Å². The highest BCUT2D eigenvalue weighted by Gasteiger charge is 2.29. The number of nitrogens with one attached hydrogen (secondary N) is 2. The van der Waals surface area contributed by atoms with Gasteiger partial charge in [0.2, 0.25) is 0 Å². The Morgan fingerprint density at radius 2 is 2.44 bits per heavy atom. The van der Waals surface area contributed by atoms with Crippen LogP contribution in [0.1, 0.15) is 25.3 Å². The Kier molecular flexibility index (Phi) is 3.61. The summed E-state index contributed by atoms with van der Waals surface area (Å²) in [6, 6.07) is 2.61. The fourth-order valence-electron chi connectivity index (χ4n) is 1.65. The molecule has 1 aromatic rings. The van der Waals surface area contributed by atoms with E-state index >= 15 is 0 Å². The third-order valence-electron chi connectivity index (χ3n) is 3.12. The SMILES string of the molecule is C[C@@H](C(=O)NC1CC1)[NH+](C)Cc1ccsc1. The number of amides is 1. The molecule has 3 nitrogen and oxygen atoms in total. The Hall–Kier alpha value is -0.870. The van der Waals surface area contributed by atoms with Crippen molar-refractivity contribution in [1.82, 2.24) is 5.32 Å². The molecule has 0 saturated heterocycles. The Morgan fingerprint density at radius 3 is 3.00 bits per heavy atom. The van der Waals surface area contributed by atoms with Crippen LogP contribution in [-0.4, -0.2) is 25.0 Å². The minimum absolute atomic E-state index is 0.0282. The van der Waals surface area contributed by atoms with Gasteiger partial charge in [-0.05, 0) is 36.6 Å². The van der Waals surface area contributed by atoms with Crippen molar-refractivity contribution < 1.29 is 9.69 Å². The largest absolute Gasteiger partial charge is 0.348 e. The van der Waals surface area contributed by atoms with Gasteiger partial charge in [-0.3, -0.25) is 4.79 Å². The second-order valence-electron chi connectivity index (χ2n) is 4.66. The van der Waals surface area contributed by atoms with Gasteiger partial charge >= 0.3 is 0 Å². The van der Waals surface area contributed by atoms with Gasteiger partial charge in [-0.1, -0.05) is 0 Å². The van der Waals surface area contributed by atoms with Crippen molar-refractivity contribution in [2.45, 2.75) is 38.4 Å². The Balaban J connectivity index is 1.82. The average molecular weight is 239 g/mol. The van der Waals surface area contributed by atoms with E-state index in [1.165, 1.54) is 10.5 Å². The maximum Gasteiger partial charge on any atom is 0.278 e. The second kappa shape index (κ2) is 4.97. The van der Waals surface area contributed by atoms with Crippen molar-refractivity contribution in [3.8, 4) is 0 Å². The molecule has 1 aliphatic carbocycles. The minimum atomic E-state index is 0.0282. The number of rotatable bonds is 5. The highest BCUT2D eigenvalue weighted by atomic mass is 32.1. The molecular formula is C12H19N2OS+. The number of hydrogen-bond acceptors (Lipinski definition) is 2. The summed E-state index contributed by atoms with van der Waals surface area (Å²) in [5.41, 5.74) is 1.31. The summed E-state index contributed by atoms with van der Waals surface area (Å²) in [7, 11) is 2.08. The van der Waals surface area contributed by atoms with Crippen LogP contribution in [-0.2, 0) is 11.3 Å². The van der Waals surface area contributed by atoms with Crippen molar-refractivity contribution in [1.29, 1.82) is 0 Å². The molecule has 0 bridgehead atoms. The van der Waals surface area contributed by atoms with Crippen molar-refractivity contribution in [2.75, 3.05) is 7.05 Å². The topological polar surface area (TPSA) is 33.5 Å². The lowest BCUT2D eigenvalue weighted by Crippen LogP contribution is -3.12. The molecule has 1 amide bonds. The summed E-state index contributed by atoms with van der Waals surface area (Å²) in [4.78, 5) is 13.1. The van der Waals surface area contributed by atoms with E-state index in [1.807, 2.05) is 6.92 Å². The van der Waals surface area contributed by atoms with Crippen molar-refractivity contribution >= 4 is 17.2 Å². The van der Waals surface area contributed by atoms with E-state index in [-0.39, 0.29) is 11.9 Å². The van der Waals surface area contributed by atoms with Gasteiger partial charge in [0.15, 0.2) is 6.04 Å². The lowest BCUT2D eigenvalue weighted by molar-refractivity contribution is -0.908. The molecule has 1 aliphatic rings. The third kappa shape index (κ3) is 3.06. The zero-order chi connectivity index (χ0) is 11.5. The van der Waals surface area contributed by atoms with E-state index in [4.69, 9.17) is 0 Å².